The van der Waals surface area contributed by atoms with Crippen LogP contribution in [0.3, 0.4) is 0 Å². The maximum absolute atomic E-state index is 13.7. The van der Waals surface area contributed by atoms with Gasteiger partial charge in [-0.2, -0.15) is 0 Å². The second-order valence-corrected chi connectivity index (χ2v) is 10.9. The van der Waals surface area contributed by atoms with Crippen LogP contribution >= 0.6 is 23.2 Å². The summed E-state index contributed by atoms with van der Waals surface area (Å²) < 4.78 is 41.8. The molecule has 1 unspecified atom stereocenters. The molecule has 3 aromatic rings. The van der Waals surface area contributed by atoms with E-state index in [9.17, 15) is 22.4 Å². The molecule has 2 amide bonds. The van der Waals surface area contributed by atoms with Crippen LogP contribution < -0.4 is 9.62 Å². The van der Waals surface area contributed by atoms with Gasteiger partial charge in [-0.15, -0.1) is 0 Å². The predicted octanol–water partition coefficient (Wildman–Crippen LogP) is 4.88. The number of hydrogen-bond acceptors (Lipinski definition) is 4. The standard InChI is InChI=1S/C26H26Cl2FN3O4S/c1-3-24(26(34)30-2)31(16-18-7-11-21(29)12-8-18)25(33)17-32(22-6-4-5-20(28)15-22)37(35,36)23-13-9-19(27)10-14-23/h4-15,24H,3,16-17H2,1-2H3,(H,30,34). The fourth-order valence-corrected chi connectivity index (χ4v) is 5.48. The monoisotopic (exact) mass is 565 g/mol. The molecular weight excluding hydrogens is 540 g/mol. The number of sulfonamides is 1. The number of anilines is 1. The molecule has 11 heteroatoms. The van der Waals surface area contributed by atoms with Gasteiger partial charge in [-0.3, -0.25) is 13.9 Å². The van der Waals surface area contributed by atoms with Crippen molar-refractivity contribution >= 4 is 50.7 Å². The SMILES string of the molecule is CCC(C(=O)NC)N(Cc1ccc(F)cc1)C(=O)CN(c1cccc(Cl)c1)S(=O)(=O)c1ccc(Cl)cc1. The van der Waals surface area contributed by atoms with Crippen LogP contribution in [0.5, 0.6) is 0 Å². The largest absolute Gasteiger partial charge is 0.357 e. The van der Waals surface area contributed by atoms with Crippen molar-refractivity contribution in [1.82, 2.24) is 10.2 Å². The van der Waals surface area contributed by atoms with Crippen molar-refractivity contribution < 1.29 is 22.4 Å². The third-order valence-corrected chi connectivity index (χ3v) is 7.95. The van der Waals surface area contributed by atoms with Crippen molar-refractivity contribution in [2.24, 2.45) is 0 Å². The molecule has 37 heavy (non-hydrogen) atoms. The Morgan fingerprint density at radius 1 is 0.973 bits per heavy atom. The van der Waals surface area contributed by atoms with E-state index in [1.54, 1.807) is 19.1 Å². The van der Waals surface area contributed by atoms with Gasteiger partial charge < -0.3 is 10.2 Å². The zero-order valence-electron chi connectivity index (χ0n) is 20.2. The van der Waals surface area contributed by atoms with Gasteiger partial charge in [0.15, 0.2) is 0 Å². The van der Waals surface area contributed by atoms with E-state index in [1.807, 2.05) is 0 Å². The second-order valence-electron chi connectivity index (χ2n) is 8.13. The first kappa shape index (κ1) is 28.4. The van der Waals surface area contributed by atoms with Crippen LogP contribution in [0.15, 0.2) is 77.7 Å². The first-order chi connectivity index (χ1) is 17.6. The number of rotatable bonds is 10. The molecule has 0 aromatic heterocycles. The van der Waals surface area contributed by atoms with Gasteiger partial charge >= 0.3 is 0 Å². The molecule has 0 aliphatic rings. The summed E-state index contributed by atoms with van der Waals surface area (Å²) in [5.41, 5.74) is 0.748. The average Bonchev–Trinajstić information content (AvgIpc) is 2.88. The van der Waals surface area contributed by atoms with Gasteiger partial charge in [0.05, 0.1) is 10.6 Å². The van der Waals surface area contributed by atoms with Gasteiger partial charge in [-0.1, -0.05) is 48.3 Å². The highest BCUT2D eigenvalue weighted by Gasteiger charge is 2.33. The molecule has 3 aromatic carbocycles. The number of nitrogens with one attached hydrogen (secondary N) is 1. The van der Waals surface area contributed by atoms with Crippen molar-refractivity contribution in [2.75, 3.05) is 17.9 Å². The number of benzene rings is 3. The maximum atomic E-state index is 13.7. The summed E-state index contributed by atoms with van der Waals surface area (Å²) in [5.74, 6) is -1.48. The van der Waals surface area contributed by atoms with Crippen LogP contribution in [-0.4, -0.2) is 44.8 Å². The summed E-state index contributed by atoms with van der Waals surface area (Å²) >= 11 is 12.1. The molecular formula is C26H26Cl2FN3O4S. The molecule has 0 saturated heterocycles. The van der Waals surface area contributed by atoms with Gasteiger partial charge in [-0.05, 0) is 66.6 Å². The molecule has 0 heterocycles. The lowest BCUT2D eigenvalue weighted by Crippen LogP contribution is -2.51. The number of carbonyl (C=O) groups is 2. The Hall–Kier alpha value is -3.14. The van der Waals surface area contributed by atoms with E-state index in [1.165, 1.54) is 72.6 Å². The molecule has 0 bridgehead atoms. The minimum Gasteiger partial charge on any atom is -0.357 e. The molecule has 0 spiro atoms. The van der Waals surface area contributed by atoms with Crippen molar-refractivity contribution in [3.8, 4) is 0 Å². The van der Waals surface area contributed by atoms with E-state index >= 15 is 0 Å². The first-order valence-corrected chi connectivity index (χ1v) is 13.6. The highest BCUT2D eigenvalue weighted by atomic mass is 35.5. The number of hydrogen-bond donors (Lipinski definition) is 1. The molecule has 0 saturated carbocycles. The lowest BCUT2D eigenvalue weighted by molar-refractivity contribution is -0.140. The molecule has 0 radical (unpaired) electrons. The Morgan fingerprint density at radius 2 is 1.62 bits per heavy atom. The minimum atomic E-state index is -4.23. The number of nitrogens with zero attached hydrogens (tertiary/aromatic N) is 2. The van der Waals surface area contributed by atoms with Crippen LogP contribution in [0, 0.1) is 5.82 Å². The fraction of sp³-hybridized carbons (Fsp3) is 0.231. The summed E-state index contributed by atoms with van der Waals surface area (Å²) in [6, 6.07) is 16.3. The Kier molecular flexibility index (Phi) is 9.53. The summed E-state index contributed by atoms with van der Waals surface area (Å²) in [5, 5.41) is 3.18. The third kappa shape index (κ3) is 7.00. The zero-order chi connectivity index (χ0) is 27.2. The van der Waals surface area contributed by atoms with Gasteiger partial charge in [0.2, 0.25) is 11.8 Å². The fourth-order valence-electron chi connectivity index (χ4n) is 3.77. The number of halogens is 3. The zero-order valence-corrected chi connectivity index (χ0v) is 22.5. The van der Waals surface area contributed by atoms with Crippen molar-refractivity contribution in [1.29, 1.82) is 0 Å². The Morgan fingerprint density at radius 3 is 2.19 bits per heavy atom. The van der Waals surface area contributed by atoms with E-state index in [2.05, 4.69) is 5.32 Å². The molecule has 1 N–H and O–H groups in total. The van der Waals surface area contributed by atoms with Gasteiger partial charge in [0.25, 0.3) is 10.0 Å². The molecule has 0 aliphatic heterocycles. The highest BCUT2D eigenvalue weighted by Crippen LogP contribution is 2.27. The second kappa shape index (κ2) is 12.4. The summed E-state index contributed by atoms with van der Waals surface area (Å²) in [7, 11) is -2.78. The molecule has 7 nitrogen and oxygen atoms in total. The van der Waals surface area contributed by atoms with E-state index in [0.29, 0.717) is 10.6 Å². The lowest BCUT2D eigenvalue weighted by atomic mass is 10.1. The van der Waals surface area contributed by atoms with E-state index in [4.69, 9.17) is 23.2 Å². The topological polar surface area (TPSA) is 86.8 Å². The minimum absolute atomic E-state index is 0.0323. The van der Waals surface area contributed by atoms with Crippen molar-refractivity contribution in [3.05, 3.63) is 94.2 Å². The van der Waals surface area contributed by atoms with E-state index in [0.717, 1.165) is 4.31 Å². The Balaban J connectivity index is 2.05. The first-order valence-electron chi connectivity index (χ1n) is 11.4. The van der Waals surface area contributed by atoms with Crippen molar-refractivity contribution in [3.63, 3.8) is 0 Å². The molecule has 1 atom stereocenters. The maximum Gasteiger partial charge on any atom is 0.264 e. The van der Waals surface area contributed by atoms with Crippen LogP contribution in [0.1, 0.15) is 18.9 Å². The smallest absolute Gasteiger partial charge is 0.264 e. The van der Waals surface area contributed by atoms with Crippen LogP contribution in [0.2, 0.25) is 10.0 Å². The molecule has 0 fully saturated rings. The Labute approximate surface area is 225 Å². The predicted molar refractivity (Wildman–Crippen MR) is 143 cm³/mol. The molecule has 196 valence electrons. The van der Waals surface area contributed by atoms with E-state index in [-0.39, 0.29) is 28.6 Å². The number of likely N-dealkylation sites (N-methyl/N-ethyl adjacent to an activating group) is 1. The van der Waals surface area contributed by atoms with Gasteiger partial charge in [0, 0.05) is 23.6 Å². The summed E-state index contributed by atoms with van der Waals surface area (Å²) in [6.07, 6.45) is 0.272. The lowest BCUT2D eigenvalue weighted by Gasteiger charge is -2.33. The van der Waals surface area contributed by atoms with Crippen LogP contribution in [-0.2, 0) is 26.2 Å². The van der Waals surface area contributed by atoms with Gasteiger partial charge in [-0.25, -0.2) is 12.8 Å². The van der Waals surface area contributed by atoms with Crippen LogP contribution in [0.25, 0.3) is 0 Å². The van der Waals surface area contributed by atoms with Crippen LogP contribution in [0.4, 0.5) is 10.1 Å². The molecule has 0 aliphatic carbocycles. The quantitative estimate of drug-likeness (QED) is 0.379. The van der Waals surface area contributed by atoms with Gasteiger partial charge in [0.1, 0.15) is 18.4 Å². The Bertz CT molecular complexity index is 1350. The van der Waals surface area contributed by atoms with E-state index < -0.39 is 40.2 Å². The summed E-state index contributed by atoms with van der Waals surface area (Å²) in [4.78, 5) is 27.6. The third-order valence-electron chi connectivity index (χ3n) is 5.68. The molecule has 3 rings (SSSR count). The number of carbonyl (C=O) groups excluding carboxylic acids is 2. The summed E-state index contributed by atoms with van der Waals surface area (Å²) in [6.45, 7) is 1.10. The average molecular weight is 566 g/mol. The number of amides is 2. The highest BCUT2D eigenvalue weighted by molar-refractivity contribution is 7.92. The van der Waals surface area contributed by atoms with Crippen molar-refractivity contribution in [2.45, 2.75) is 30.8 Å². The normalized spacial score (nSPS) is 12.0.